The number of hydrogen-bond acceptors (Lipinski definition) is 3. The predicted molar refractivity (Wildman–Crippen MR) is 71.0 cm³/mol. The summed E-state index contributed by atoms with van der Waals surface area (Å²) in [6, 6.07) is 5.68. The van der Waals surface area contributed by atoms with Crippen LogP contribution in [-0.2, 0) is 0 Å². The molecule has 0 fully saturated rings. The van der Waals surface area contributed by atoms with E-state index in [4.69, 9.17) is 9.84 Å². The van der Waals surface area contributed by atoms with E-state index in [1.165, 1.54) is 0 Å². The summed E-state index contributed by atoms with van der Waals surface area (Å²) in [5.41, 5.74) is 2.09. The molecule has 0 saturated heterocycles. The van der Waals surface area contributed by atoms with Crippen LogP contribution in [-0.4, -0.2) is 49.0 Å². The van der Waals surface area contributed by atoms with Crippen molar-refractivity contribution in [1.29, 1.82) is 0 Å². The van der Waals surface area contributed by atoms with Crippen molar-refractivity contribution in [2.24, 2.45) is 0 Å². The average Bonchev–Trinajstić information content (AvgIpc) is 2.25. The lowest BCUT2D eigenvalue weighted by Gasteiger charge is -2.22. The molecule has 0 saturated carbocycles. The van der Waals surface area contributed by atoms with Gasteiger partial charge in [-0.1, -0.05) is 6.07 Å². The van der Waals surface area contributed by atoms with E-state index in [1.54, 1.807) is 0 Å². The first-order valence-electron chi connectivity index (χ1n) is 6.41. The number of ether oxygens (including phenoxy) is 1. The molecule has 1 aromatic rings. The van der Waals surface area contributed by atoms with Gasteiger partial charge in [-0.25, -0.2) is 0 Å². The smallest absolute Gasteiger partial charge is 0.401 e. The highest BCUT2D eigenvalue weighted by atomic mass is 19.4. The van der Waals surface area contributed by atoms with Crippen LogP contribution in [0.4, 0.5) is 13.2 Å². The molecule has 0 aliphatic carbocycles. The molecule has 114 valence electrons. The Morgan fingerprint density at radius 2 is 1.70 bits per heavy atom. The van der Waals surface area contributed by atoms with E-state index in [0.717, 1.165) is 16.0 Å². The zero-order valence-corrected chi connectivity index (χ0v) is 11.7. The third-order valence-corrected chi connectivity index (χ3v) is 2.69. The summed E-state index contributed by atoms with van der Waals surface area (Å²) >= 11 is 0. The van der Waals surface area contributed by atoms with E-state index < -0.39 is 12.7 Å². The molecule has 0 unspecified atom stereocenters. The zero-order chi connectivity index (χ0) is 15.2. The van der Waals surface area contributed by atoms with E-state index in [9.17, 15) is 13.2 Å². The highest BCUT2D eigenvalue weighted by Crippen LogP contribution is 2.18. The number of hydrogen-bond donors (Lipinski definition) is 1. The average molecular weight is 291 g/mol. The van der Waals surface area contributed by atoms with Gasteiger partial charge in [0.05, 0.1) is 13.2 Å². The van der Waals surface area contributed by atoms with Gasteiger partial charge in [-0.2, -0.15) is 13.2 Å². The van der Waals surface area contributed by atoms with Gasteiger partial charge in [-0.15, -0.1) is 0 Å². The number of aryl methyl sites for hydroxylation is 2. The zero-order valence-electron chi connectivity index (χ0n) is 11.7. The second kappa shape index (κ2) is 7.50. The minimum atomic E-state index is -4.27. The summed E-state index contributed by atoms with van der Waals surface area (Å²) in [7, 11) is 0. The molecule has 1 rings (SSSR count). The fourth-order valence-electron chi connectivity index (χ4n) is 1.97. The number of benzene rings is 1. The van der Waals surface area contributed by atoms with Crippen molar-refractivity contribution in [3.63, 3.8) is 0 Å². The van der Waals surface area contributed by atoms with E-state index in [2.05, 4.69) is 0 Å². The molecule has 0 aromatic heterocycles. The van der Waals surface area contributed by atoms with Crippen molar-refractivity contribution in [2.45, 2.75) is 20.0 Å². The van der Waals surface area contributed by atoms with Crippen LogP contribution in [0, 0.1) is 13.8 Å². The molecule has 0 atom stereocenters. The van der Waals surface area contributed by atoms with E-state index >= 15 is 0 Å². The van der Waals surface area contributed by atoms with Crippen LogP contribution in [0.15, 0.2) is 18.2 Å². The summed E-state index contributed by atoms with van der Waals surface area (Å²) in [4.78, 5) is 1.13. The van der Waals surface area contributed by atoms with Gasteiger partial charge in [0, 0.05) is 13.1 Å². The Hall–Kier alpha value is -1.27. The molecule has 0 radical (unpaired) electrons. The third kappa shape index (κ3) is 6.77. The molecule has 3 nitrogen and oxygen atoms in total. The van der Waals surface area contributed by atoms with Gasteiger partial charge in [-0.05, 0) is 37.1 Å². The first-order chi connectivity index (χ1) is 9.30. The topological polar surface area (TPSA) is 32.7 Å². The number of nitrogens with zero attached hydrogens (tertiary/aromatic N) is 1. The summed E-state index contributed by atoms with van der Waals surface area (Å²) in [5, 5.41) is 8.77. The standard InChI is InChI=1S/C14H20F3NO2/c1-11-7-12(2)9-13(8-11)20-6-4-18(3-5-19)10-14(15,16)17/h7-9,19H,3-6,10H2,1-2H3. The fraction of sp³-hybridized carbons (Fsp3) is 0.571. The number of halogens is 3. The van der Waals surface area contributed by atoms with Crippen LogP contribution in [0.25, 0.3) is 0 Å². The minimum absolute atomic E-state index is 0.0181. The molecular weight excluding hydrogens is 271 g/mol. The van der Waals surface area contributed by atoms with Gasteiger partial charge in [0.25, 0.3) is 0 Å². The lowest BCUT2D eigenvalue weighted by molar-refractivity contribution is -0.147. The normalized spacial score (nSPS) is 11.9. The maximum absolute atomic E-state index is 12.3. The van der Waals surface area contributed by atoms with Crippen LogP contribution < -0.4 is 4.74 Å². The second-order valence-corrected chi connectivity index (χ2v) is 4.79. The Balaban J connectivity index is 2.47. The molecule has 0 spiro atoms. The van der Waals surface area contributed by atoms with Crippen molar-refractivity contribution in [3.05, 3.63) is 29.3 Å². The van der Waals surface area contributed by atoms with Gasteiger partial charge >= 0.3 is 6.18 Å². The van der Waals surface area contributed by atoms with Crippen LogP contribution in [0.3, 0.4) is 0 Å². The summed E-state index contributed by atoms with van der Waals surface area (Å²) < 4.78 is 42.4. The molecule has 0 bridgehead atoms. The predicted octanol–water partition coefficient (Wildman–Crippen LogP) is 2.54. The van der Waals surface area contributed by atoms with Gasteiger partial charge in [0.1, 0.15) is 12.4 Å². The SMILES string of the molecule is Cc1cc(C)cc(OCCN(CCO)CC(F)(F)F)c1. The molecule has 20 heavy (non-hydrogen) atoms. The molecule has 6 heteroatoms. The van der Waals surface area contributed by atoms with Gasteiger partial charge in [0.15, 0.2) is 0 Å². The molecule has 0 heterocycles. The molecule has 1 aromatic carbocycles. The largest absolute Gasteiger partial charge is 0.492 e. The van der Waals surface area contributed by atoms with E-state index in [1.807, 2.05) is 32.0 Å². The van der Waals surface area contributed by atoms with Crippen molar-refractivity contribution in [1.82, 2.24) is 4.90 Å². The fourth-order valence-corrected chi connectivity index (χ4v) is 1.97. The van der Waals surface area contributed by atoms with Crippen molar-refractivity contribution in [2.75, 3.05) is 32.8 Å². The highest BCUT2D eigenvalue weighted by molar-refractivity contribution is 5.32. The van der Waals surface area contributed by atoms with Crippen molar-refractivity contribution in [3.8, 4) is 5.75 Å². The van der Waals surface area contributed by atoms with Gasteiger partial charge < -0.3 is 9.84 Å². The molecule has 0 amide bonds. The molecule has 0 aliphatic heterocycles. The van der Waals surface area contributed by atoms with Crippen LogP contribution in [0.1, 0.15) is 11.1 Å². The summed E-state index contributed by atoms with van der Waals surface area (Å²) in [5.74, 6) is 0.651. The number of alkyl halides is 3. The minimum Gasteiger partial charge on any atom is -0.492 e. The highest BCUT2D eigenvalue weighted by Gasteiger charge is 2.30. The second-order valence-electron chi connectivity index (χ2n) is 4.79. The van der Waals surface area contributed by atoms with E-state index in [0.29, 0.717) is 5.75 Å². The van der Waals surface area contributed by atoms with Crippen LogP contribution in [0.2, 0.25) is 0 Å². The summed E-state index contributed by atoms with van der Waals surface area (Å²) in [6.07, 6.45) is -4.27. The molecule has 0 aliphatic rings. The number of aliphatic hydroxyl groups excluding tert-OH is 1. The number of rotatable bonds is 7. The Kier molecular flexibility index (Phi) is 6.29. The van der Waals surface area contributed by atoms with Crippen LogP contribution >= 0.6 is 0 Å². The third-order valence-electron chi connectivity index (χ3n) is 2.69. The first-order valence-corrected chi connectivity index (χ1v) is 6.41. The Morgan fingerprint density at radius 1 is 1.10 bits per heavy atom. The Bertz CT molecular complexity index is 401. The quantitative estimate of drug-likeness (QED) is 0.838. The lowest BCUT2D eigenvalue weighted by Crippen LogP contribution is -2.38. The first kappa shape index (κ1) is 16.8. The maximum atomic E-state index is 12.3. The summed E-state index contributed by atoms with van der Waals surface area (Å²) in [6.45, 7) is 2.77. The van der Waals surface area contributed by atoms with Crippen LogP contribution in [0.5, 0.6) is 5.75 Å². The molecular formula is C14H20F3NO2. The number of aliphatic hydroxyl groups is 1. The Morgan fingerprint density at radius 3 is 2.20 bits per heavy atom. The van der Waals surface area contributed by atoms with Gasteiger partial charge in [0.2, 0.25) is 0 Å². The monoisotopic (exact) mass is 291 g/mol. The molecule has 1 N–H and O–H groups in total. The van der Waals surface area contributed by atoms with Gasteiger partial charge in [-0.3, -0.25) is 4.90 Å². The van der Waals surface area contributed by atoms with Crippen molar-refractivity contribution < 1.29 is 23.0 Å². The lowest BCUT2D eigenvalue weighted by atomic mass is 10.1. The maximum Gasteiger partial charge on any atom is 0.401 e. The van der Waals surface area contributed by atoms with E-state index in [-0.39, 0.29) is 26.3 Å². The van der Waals surface area contributed by atoms with Crippen molar-refractivity contribution >= 4 is 0 Å². The Labute approximate surface area is 117 Å².